The van der Waals surface area contributed by atoms with Crippen LogP contribution in [0.4, 0.5) is 0 Å². The number of carbonyl (C=O) groups is 1. The van der Waals surface area contributed by atoms with Crippen LogP contribution < -0.4 is 0 Å². The van der Waals surface area contributed by atoms with Crippen LogP contribution in [-0.2, 0) is 0 Å². The number of hydrogen-bond donors (Lipinski definition) is 0. The van der Waals surface area contributed by atoms with Gasteiger partial charge in [0, 0.05) is 16.9 Å². The Morgan fingerprint density at radius 3 is 2.62 bits per heavy atom. The number of ketones is 1. The summed E-state index contributed by atoms with van der Waals surface area (Å²) in [5, 5.41) is 0. The second kappa shape index (κ2) is 5.36. The summed E-state index contributed by atoms with van der Waals surface area (Å²) in [6.45, 7) is 4.20. The maximum atomic E-state index is 13.1. The van der Waals surface area contributed by atoms with Gasteiger partial charge in [-0.05, 0) is 31.9 Å². The zero-order valence-electron chi connectivity index (χ0n) is 12.5. The topological polar surface area (TPSA) is 30.2 Å². The average Bonchev–Trinajstić information content (AvgIpc) is 3.04. The molecule has 0 amide bonds. The maximum absolute atomic E-state index is 13.1. The molecule has 2 nitrogen and oxygen atoms in total. The highest BCUT2D eigenvalue weighted by Crippen LogP contribution is 2.48. The van der Waals surface area contributed by atoms with E-state index in [2.05, 4.69) is 19.9 Å². The van der Waals surface area contributed by atoms with Crippen LogP contribution in [0.1, 0.15) is 48.7 Å². The molecule has 1 aromatic heterocycles. The highest BCUT2D eigenvalue weighted by molar-refractivity contribution is 6.01. The minimum atomic E-state index is -0.446. The Balaban J connectivity index is 2.02. The molecule has 1 heterocycles. The molecule has 0 spiro atoms. The highest BCUT2D eigenvalue weighted by atomic mass is 16.3. The van der Waals surface area contributed by atoms with Crippen molar-refractivity contribution >= 4 is 5.78 Å². The number of furan rings is 1. The Bertz CT molecular complexity index is 652. The fourth-order valence-corrected chi connectivity index (χ4v) is 3.23. The monoisotopic (exact) mass is 280 g/mol. The summed E-state index contributed by atoms with van der Waals surface area (Å²) in [5.41, 5.74) is 1.66. The third kappa shape index (κ3) is 2.46. The van der Waals surface area contributed by atoms with Crippen LogP contribution >= 0.6 is 0 Å². The minimum absolute atomic E-state index is 0.102. The van der Waals surface area contributed by atoms with Crippen molar-refractivity contribution < 1.29 is 9.21 Å². The van der Waals surface area contributed by atoms with Crippen LogP contribution in [0.15, 0.2) is 64.8 Å². The number of allylic oxidation sites excluding steroid dienone is 2. The van der Waals surface area contributed by atoms with E-state index in [0.717, 1.165) is 24.2 Å². The second-order valence-electron chi connectivity index (χ2n) is 6.14. The van der Waals surface area contributed by atoms with Crippen molar-refractivity contribution in [2.75, 3.05) is 0 Å². The van der Waals surface area contributed by atoms with E-state index in [1.54, 1.807) is 6.26 Å². The average molecular weight is 280 g/mol. The van der Waals surface area contributed by atoms with Crippen molar-refractivity contribution in [1.29, 1.82) is 0 Å². The molecule has 0 fully saturated rings. The van der Waals surface area contributed by atoms with Gasteiger partial charge in [-0.1, -0.05) is 48.9 Å². The van der Waals surface area contributed by atoms with Gasteiger partial charge in [0.2, 0.25) is 0 Å². The fourth-order valence-electron chi connectivity index (χ4n) is 3.23. The van der Waals surface area contributed by atoms with E-state index in [1.807, 2.05) is 42.5 Å². The molecule has 1 aliphatic rings. The number of Topliss-reactive ketones (excluding diaryl/α,β-unsaturated/α-hetero) is 1. The molecule has 2 heteroatoms. The maximum Gasteiger partial charge on any atom is 0.169 e. The van der Waals surface area contributed by atoms with Crippen LogP contribution in [0.5, 0.6) is 0 Å². The Morgan fingerprint density at radius 1 is 1.19 bits per heavy atom. The Morgan fingerprint density at radius 2 is 1.95 bits per heavy atom. The Labute approximate surface area is 125 Å². The van der Waals surface area contributed by atoms with Gasteiger partial charge in [0.15, 0.2) is 5.78 Å². The first kappa shape index (κ1) is 13.9. The zero-order valence-corrected chi connectivity index (χ0v) is 12.5. The van der Waals surface area contributed by atoms with Gasteiger partial charge in [-0.2, -0.15) is 0 Å². The minimum Gasteiger partial charge on any atom is -0.469 e. The number of benzene rings is 1. The number of rotatable bonds is 3. The van der Waals surface area contributed by atoms with Crippen LogP contribution in [-0.4, -0.2) is 5.78 Å². The molecule has 0 aliphatic heterocycles. The SMILES string of the molecule is CC1=CC[C@@](C)(C(=O)c2ccccc2)[C@H](c2ccco2)C1. The summed E-state index contributed by atoms with van der Waals surface area (Å²) >= 11 is 0. The third-order valence-electron chi connectivity index (χ3n) is 4.61. The molecular weight excluding hydrogens is 260 g/mol. The van der Waals surface area contributed by atoms with Gasteiger partial charge in [0.05, 0.1) is 6.26 Å². The zero-order chi connectivity index (χ0) is 14.9. The van der Waals surface area contributed by atoms with Crippen molar-refractivity contribution in [3.63, 3.8) is 0 Å². The molecular formula is C19H20O2. The normalized spacial score (nSPS) is 25.4. The van der Waals surface area contributed by atoms with E-state index >= 15 is 0 Å². The van der Waals surface area contributed by atoms with Crippen molar-refractivity contribution in [2.45, 2.75) is 32.6 Å². The lowest BCUT2D eigenvalue weighted by Crippen LogP contribution is -2.36. The molecule has 1 aliphatic carbocycles. The summed E-state index contributed by atoms with van der Waals surface area (Å²) in [6, 6.07) is 13.5. The van der Waals surface area contributed by atoms with Crippen molar-refractivity contribution in [2.24, 2.45) is 5.41 Å². The lowest BCUT2D eigenvalue weighted by Gasteiger charge is -2.38. The van der Waals surface area contributed by atoms with E-state index in [0.29, 0.717) is 0 Å². The molecule has 2 aromatic rings. The van der Waals surface area contributed by atoms with E-state index in [9.17, 15) is 4.79 Å². The number of carbonyl (C=O) groups excluding carboxylic acids is 1. The molecule has 1 aromatic carbocycles. The van der Waals surface area contributed by atoms with Gasteiger partial charge >= 0.3 is 0 Å². The first-order valence-corrected chi connectivity index (χ1v) is 7.40. The molecule has 21 heavy (non-hydrogen) atoms. The lowest BCUT2D eigenvalue weighted by molar-refractivity contribution is 0.0747. The Kier molecular flexibility index (Phi) is 3.54. The lowest BCUT2D eigenvalue weighted by atomic mass is 9.64. The van der Waals surface area contributed by atoms with E-state index < -0.39 is 5.41 Å². The first-order valence-electron chi connectivity index (χ1n) is 7.40. The van der Waals surface area contributed by atoms with Gasteiger partial charge in [-0.25, -0.2) is 0 Å². The van der Waals surface area contributed by atoms with Crippen LogP contribution in [0.3, 0.4) is 0 Å². The largest absolute Gasteiger partial charge is 0.469 e. The summed E-state index contributed by atoms with van der Waals surface area (Å²) in [5.74, 6) is 1.22. The standard InChI is InChI=1S/C19H20O2/c1-14-10-11-19(2,16(13-14)17-9-6-12-21-17)18(20)15-7-4-3-5-8-15/h3-10,12,16H,11,13H2,1-2H3/t16-,19+/m0/s1. The summed E-state index contributed by atoms with van der Waals surface area (Å²) in [6.07, 6.45) is 5.52. The Hall–Kier alpha value is -2.09. The number of hydrogen-bond acceptors (Lipinski definition) is 2. The first-order chi connectivity index (χ1) is 10.1. The summed E-state index contributed by atoms with van der Waals surface area (Å²) in [4.78, 5) is 13.1. The van der Waals surface area contributed by atoms with Crippen LogP contribution in [0.25, 0.3) is 0 Å². The molecule has 0 radical (unpaired) electrons. The summed E-state index contributed by atoms with van der Waals surface area (Å²) < 4.78 is 5.62. The predicted molar refractivity (Wildman–Crippen MR) is 83.3 cm³/mol. The van der Waals surface area contributed by atoms with Crippen LogP contribution in [0, 0.1) is 5.41 Å². The molecule has 0 bridgehead atoms. The molecule has 3 rings (SSSR count). The quantitative estimate of drug-likeness (QED) is 0.585. The predicted octanol–water partition coefficient (Wildman–Crippen LogP) is 4.99. The molecule has 0 saturated carbocycles. The van der Waals surface area contributed by atoms with Gasteiger partial charge in [-0.3, -0.25) is 4.79 Å². The second-order valence-corrected chi connectivity index (χ2v) is 6.14. The van der Waals surface area contributed by atoms with Crippen LogP contribution in [0.2, 0.25) is 0 Å². The highest BCUT2D eigenvalue weighted by Gasteiger charge is 2.44. The fraction of sp³-hybridized carbons (Fsp3) is 0.316. The van der Waals surface area contributed by atoms with Crippen molar-refractivity contribution in [1.82, 2.24) is 0 Å². The van der Waals surface area contributed by atoms with Crippen molar-refractivity contribution in [3.8, 4) is 0 Å². The van der Waals surface area contributed by atoms with Gasteiger partial charge < -0.3 is 4.42 Å². The third-order valence-corrected chi connectivity index (χ3v) is 4.61. The smallest absolute Gasteiger partial charge is 0.169 e. The van der Waals surface area contributed by atoms with Gasteiger partial charge in [-0.15, -0.1) is 0 Å². The molecule has 2 atom stereocenters. The molecule has 108 valence electrons. The van der Waals surface area contributed by atoms with E-state index in [-0.39, 0.29) is 11.7 Å². The van der Waals surface area contributed by atoms with E-state index in [1.165, 1.54) is 5.57 Å². The van der Waals surface area contributed by atoms with Gasteiger partial charge in [0.25, 0.3) is 0 Å². The summed E-state index contributed by atoms with van der Waals surface area (Å²) in [7, 11) is 0. The molecule has 0 unspecified atom stereocenters. The molecule has 0 N–H and O–H groups in total. The van der Waals surface area contributed by atoms with Gasteiger partial charge in [0.1, 0.15) is 5.76 Å². The van der Waals surface area contributed by atoms with E-state index in [4.69, 9.17) is 4.42 Å². The van der Waals surface area contributed by atoms with Crippen molar-refractivity contribution in [3.05, 3.63) is 71.7 Å². The molecule has 0 saturated heterocycles.